The predicted molar refractivity (Wildman–Crippen MR) is 155 cm³/mol. The summed E-state index contributed by atoms with van der Waals surface area (Å²) in [4.78, 5) is 0. The lowest BCUT2D eigenvalue weighted by molar-refractivity contribution is -0.473. The maximum Gasteiger partial charge on any atom is 0.183 e. The molecule has 0 bridgehead atoms. The Hall–Kier alpha value is -3.33. The highest BCUT2D eigenvalue weighted by Gasteiger charge is 2.51. The second kappa shape index (κ2) is 14.3. The minimum absolute atomic E-state index is 0.179. The Balaban J connectivity index is 1.61. The lowest BCUT2D eigenvalue weighted by Crippen LogP contribution is -2.50. The largest absolute Gasteiger partial charge is 0.624 e. The molecule has 0 unspecified atom stereocenters. The van der Waals surface area contributed by atoms with Crippen LogP contribution in [0.5, 0.6) is 0 Å². The van der Waals surface area contributed by atoms with Gasteiger partial charge in [-0.05, 0) is 25.0 Å². The normalized spacial score (nSPS) is 21.0. The summed E-state index contributed by atoms with van der Waals surface area (Å²) in [5.74, 6) is -0.916. The number of benzene rings is 3. The molecule has 0 N–H and O–H groups in total. The number of ether oxygens (including phenoxy) is 5. The molecule has 1 aliphatic rings. The second-order valence-corrected chi connectivity index (χ2v) is 10.2. The summed E-state index contributed by atoms with van der Waals surface area (Å²) in [5.41, 5.74) is 2.92. The van der Waals surface area contributed by atoms with E-state index in [9.17, 15) is 5.21 Å². The Morgan fingerprint density at radius 3 is 1.85 bits per heavy atom. The molecule has 0 saturated carbocycles. The molecule has 3 aromatic rings. The van der Waals surface area contributed by atoms with Gasteiger partial charge in [-0.15, -0.1) is 6.58 Å². The van der Waals surface area contributed by atoms with Gasteiger partial charge in [-0.2, -0.15) is 0 Å². The summed E-state index contributed by atoms with van der Waals surface area (Å²) in [6.07, 6.45) is 0.130. The van der Waals surface area contributed by atoms with Crippen molar-refractivity contribution in [2.24, 2.45) is 0 Å². The Labute approximate surface area is 237 Å². The Morgan fingerprint density at radius 2 is 1.32 bits per heavy atom. The van der Waals surface area contributed by atoms with Crippen molar-refractivity contribution in [2.75, 3.05) is 7.11 Å². The van der Waals surface area contributed by atoms with Gasteiger partial charge in [0.05, 0.1) is 13.2 Å². The number of hydrogen-bond donors (Lipinski definition) is 0. The summed E-state index contributed by atoms with van der Waals surface area (Å²) in [6, 6.07) is 29.3. The molecule has 0 aromatic heterocycles. The lowest BCUT2D eigenvalue weighted by atomic mass is 9.98. The Bertz CT molecular complexity index is 1200. The van der Waals surface area contributed by atoms with E-state index in [4.69, 9.17) is 23.7 Å². The number of hydrogen-bond acceptors (Lipinski definition) is 6. The lowest BCUT2D eigenvalue weighted by Gasteiger charge is -2.32. The van der Waals surface area contributed by atoms with Gasteiger partial charge in [-0.1, -0.05) is 97.1 Å². The molecular weight excluding hydrogens is 506 g/mol. The van der Waals surface area contributed by atoms with E-state index in [1.54, 1.807) is 13.2 Å². The minimum Gasteiger partial charge on any atom is -0.624 e. The van der Waals surface area contributed by atoms with Gasteiger partial charge in [-0.3, -0.25) is 0 Å². The highest BCUT2D eigenvalue weighted by molar-refractivity contribution is 5.59. The van der Waals surface area contributed by atoms with Crippen molar-refractivity contribution in [3.8, 4) is 0 Å². The molecule has 1 aliphatic heterocycles. The van der Waals surface area contributed by atoms with Crippen molar-refractivity contribution in [2.45, 2.75) is 69.9 Å². The van der Waals surface area contributed by atoms with Gasteiger partial charge >= 0.3 is 0 Å². The van der Waals surface area contributed by atoms with Crippen LogP contribution in [0.2, 0.25) is 0 Å². The van der Waals surface area contributed by atoms with Crippen LogP contribution < -0.4 is 0 Å². The van der Waals surface area contributed by atoms with Crippen LogP contribution in [0.1, 0.15) is 30.5 Å². The molecule has 3 aromatic carbocycles. The van der Waals surface area contributed by atoms with Crippen molar-refractivity contribution >= 4 is 6.21 Å². The monoisotopic (exact) mass is 545 g/mol. The maximum atomic E-state index is 13.0. The molecule has 1 saturated heterocycles. The predicted octanol–water partition coefficient (Wildman–Crippen LogP) is 5.66. The van der Waals surface area contributed by atoms with E-state index >= 15 is 0 Å². The first-order chi connectivity index (χ1) is 19.4. The van der Waals surface area contributed by atoms with E-state index < -0.39 is 36.3 Å². The average Bonchev–Trinajstić information content (AvgIpc) is 3.29. The van der Waals surface area contributed by atoms with E-state index in [2.05, 4.69) is 6.58 Å². The fourth-order valence-corrected chi connectivity index (χ4v) is 4.79. The summed E-state index contributed by atoms with van der Waals surface area (Å²) in [7, 11) is 1.56. The molecule has 1 fully saturated rings. The van der Waals surface area contributed by atoms with E-state index in [0.29, 0.717) is 13.2 Å². The van der Waals surface area contributed by atoms with Crippen molar-refractivity contribution in [1.82, 2.24) is 0 Å². The third kappa shape index (κ3) is 8.34. The van der Waals surface area contributed by atoms with Crippen molar-refractivity contribution < 1.29 is 28.4 Å². The number of hydroxylamine groups is 1. The van der Waals surface area contributed by atoms with Gasteiger partial charge in [0, 0.05) is 12.7 Å². The molecule has 0 spiro atoms. The summed E-state index contributed by atoms with van der Waals surface area (Å²) in [6.45, 7) is 8.58. The van der Waals surface area contributed by atoms with E-state index in [1.807, 2.05) is 105 Å². The molecular formula is C33H39NO6. The molecule has 5 atom stereocenters. The highest BCUT2D eigenvalue weighted by Crippen LogP contribution is 2.35. The fraction of sp³-hybridized carbons (Fsp3) is 0.364. The Morgan fingerprint density at radius 1 is 0.825 bits per heavy atom. The molecule has 212 valence electrons. The summed E-state index contributed by atoms with van der Waals surface area (Å²) in [5, 5.41) is 13.0. The van der Waals surface area contributed by atoms with Crippen LogP contribution in [0.3, 0.4) is 0 Å². The van der Waals surface area contributed by atoms with Gasteiger partial charge in [0.1, 0.15) is 24.4 Å². The maximum absolute atomic E-state index is 13.0. The molecule has 40 heavy (non-hydrogen) atoms. The molecule has 4 rings (SSSR count). The van der Waals surface area contributed by atoms with E-state index in [1.165, 1.54) is 6.21 Å². The average molecular weight is 546 g/mol. The first kappa shape index (κ1) is 29.6. The third-order valence-corrected chi connectivity index (χ3v) is 6.70. The van der Waals surface area contributed by atoms with Crippen molar-refractivity contribution in [1.29, 1.82) is 0 Å². The molecule has 7 heteroatoms. The van der Waals surface area contributed by atoms with Crippen LogP contribution in [-0.2, 0) is 43.4 Å². The van der Waals surface area contributed by atoms with Crippen LogP contribution >= 0.6 is 0 Å². The first-order valence-electron chi connectivity index (χ1n) is 13.5. The van der Waals surface area contributed by atoms with Crippen LogP contribution in [0.25, 0.3) is 0 Å². The third-order valence-electron chi connectivity index (χ3n) is 6.70. The second-order valence-electron chi connectivity index (χ2n) is 10.2. The van der Waals surface area contributed by atoms with Gasteiger partial charge in [0.25, 0.3) is 0 Å². The van der Waals surface area contributed by atoms with E-state index in [-0.39, 0.29) is 6.54 Å². The van der Waals surface area contributed by atoms with Crippen molar-refractivity contribution in [3.05, 3.63) is 126 Å². The molecule has 1 heterocycles. The molecule has 0 aliphatic carbocycles. The van der Waals surface area contributed by atoms with Crippen LogP contribution in [0, 0.1) is 5.21 Å². The molecule has 7 nitrogen and oxygen atoms in total. The molecule has 0 radical (unpaired) electrons. The molecule has 0 amide bonds. The zero-order valence-electron chi connectivity index (χ0n) is 23.4. The smallest absolute Gasteiger partial charge is 0.183 e. The van der Waals surface area contributed by atoms with Crippen LogP contribution in [-0.4, -0.2) is 54.4 Å². The van der Waals surface area contributed by atoms with Crippen LogP contribution in [0.4, 0.5) is 0 Å². The van der Waals surface area contributed by atoms with Gasteiger partial charge in [0.2, 0.25) is 0 Å². The highest BCUT2D eigenvalue weighted by atomic mass is 16.8. The quantitative estimate of drug-likeness (QED) is 0.0856. The SMILES string of the molecule is C=C[C@@H](OCc1ccccc1)[C@H]1OC(C)(C)O[C@H]1[C@H](OCc1ccccc1)[C@@H](/C=[N+](\[O-])Cc1ccccc1)OC. The minimum atomic E-state index is -0.916. The topological polar surface area (TPSA) is 72.2 Å². The zero-order valence-corrected chi connectivity index (χ0v) is 23.4. The standard InChI is InChI=1S/C33H39NO6/c1-5-28(37-23-26-17-11-7-12-18-26)31-32(40-33(2,3)39-31)30(38-24-27-19-13-8-14-20-27)29(36-4)22-34(35)21-25-15-9-6-10-16-25/h5-20,22,28-32H,1,21,23-24H2,2-4H3/b34-22-/t28-,29-,30-,31-,32+/m1/s1. The Kier molecular flexibility index (Phi) is 10.6. The number of rotatable bonds is 14. The number of nitrogens with zero attached hydrogens (tertiary/aromatic N) is 1. The van der Waals surface area contributed by atoms with Gasteiger partial charge in [0.15, 0.2) is 24.7 Å². The van der Waals surface area contributed by atoms with E-state index in [0.717, 1.165) is 21.4 Å². The zero-order chi connectivity index (χ0) is 28.4. The summed E-state index contributed by atoms with van der Waals surface area (Å²) < 4.78 is 32.3. The van der Waals surface area contributed by atoms with Gasteiger partial charge < -0.3 is 28.9 Å². The first-order valence-corrected chi connectivity index (χ1v) is 13.5. The van der Waals surface area contributed by atoms with Gasteiger partial charge in [-0.25, -0.2) is 4.74 Å². The fourth-order valence-electron chi connectivity index (χ4n) is 4.79. The number of methoxy groups -OCH3 is 1. The summed E-state index contributed by atoms with van der Waals surface area (Å²) >= 11 is 0. The van der Waals surface area contributed by atoms with Crippen LogP contribution in [0.15, 0.2) is 104 Å². The van der Waals surface area contributed by atoms with Crippen molar-refractivity contribution in [3.63, 3.8) is 0 Å².